The fraction of sp³-hybridized carbons (Fsp3) is 0.286. The number of hydrogen-bond donors (Lipinski definition) is 1. The van der Waals surface area contributed by atoms with Crippen molar-refractivity contribution in [1.82, 2.24) is 9.88 Å². The van der Waals surface area contributed by atoms with Crippen molar-refractivity contribution in [2.24, 2.45) is 0 Å². The van der Waals surface area contributed by atoms with Gasteiger partial charge in [0.05, 0.1) is 24.1 Å². The van der Waals surface area contributed by atoms with Gasteiger partial charge in [-0.3, -0.25) is 9.88 Å². The number of furan rings is 1. The second kappa shape index (κ2) is 6.72. The zero-order valence-corrected chi connectivity index (χ0v) is 14.9. The number of fused-ring (bicyclic) bond motifs is 4. The molecule has 0 radical (unpaired) electrons. The summed E-state index contributed by atoms with van der Waals surface area (Å²) in [5.41, 5.74) is 2.18. The third-order valence-electron chi connectivity index (χ3n) is 5.03. The molecule has 2 aromatic heterocycles. The maximum absolute atomic E-state index is 10.6. The molecule has 1 aliphatic heterocycles. The topological polar surface area (TPSA) is 68.0 Å². The summed E-state index contributed by atoms with van der Waals surface area (Å²) < 4.78 is 17.2. The highest BCUT2D eigenvalue weighted by molar-refractivity contribution is 6.12. The maximum Gasteiger partial charge on any atom is 0.142 e. The van der Waals surface area contributed by atoms with Crippen molar-refractivity contribution in [2.45, 2.75) is 0 Å². The monoisotopic (exact) mass is 364 g/mol. The van der Waals surface area contributed by atoms with Gasteiger partial charge in [-0.05, 0) is 12.1 Å². The first-order valence-electron chi connectivity index (χ1n) is 9.15. The molecule has 1 fully saturated rings. The molecule has 0 spiro atoms. The predicted molar refractivity (Wildman–Crippen MR) is 103 cm³/mol. The van der Waals surface area contributed by atoms with Crippen LogP contribution in [-0.4, -0.2) is 54.4 Å². The lowest BCUT2D eigenvalue weighted by Crippen LogP contribution is -2.38. The second-order valence-electron chi connectivity index (χ2n) is 6.76. The lowest BCUT2D eigenvalue weighted by atomic mass is 10.1. The number of aromatic nitrogens is 1. The molecule has 27 heavy (non-hydrogen) atoms. The number of pyridine rings is 1. The lowest BCUT2D eigenvalue weighted by molar-refractivity contribution is 0.0322. The van der Waals surface area contributed by atoms with Crippen LogP contribution in [-0.2, 0) is 4.74 Å². The minimum absolute atomic E-state index is 0.163. The lowest BCUT2D eigenvalue weighted by Gasteiger charge is -2.26. The van der Waals surface area contributed by atoms with E-state index in [1.807, 2.05) is 30.3 Å². The second-order valence-corrected chi connectivity index (χ2v) is 6.76. The molecule has 1 aliphatic rings. The highest BCUT2D eigenvalue weighted by Crippen LogP contribution is 2.39. The molecule has 0 unspecified atom stereocenters. The third kappa shape index (κ3) is 3.07. The van der Waals surface area contributed by atoms with Gasteiger partial charge in [0.15, 0.2) is 0 Å². The van der Waals surface area contributed by atoms with Gasteiger partial charge in [-0.25, -0.2) is 0 Å². The van der Waals surface area contributed by atoms with Crippen molar-refractivity contribution in [3.8, 4) is 11.5 Å². The fourth-order valence-corrected chi connectivity index (χ4v) is 3.63. The van der Waals surface area contributed by atoms with Crippen molar-refractivity contribution in [3.63, 3.8) is 0 Å². The highest BCUT2D eigenvalue weighted by Gasteiger charge is 2.15. The van der Waals surface area contributed by atoms with Crippen LogP contribution in [0.2, 0.25) is 0 Å². The smallest absolute Gasteiger partial charge is 0.142 e. The van der Waals surface area contributed by atoms with E-state index >= 15 is 0 Å². The summed E-state index contributed by atoms with van der Waals surface area (Å²) in [6.07, 6.45) is 1.76. The van der Waals surface area contributed by atoms with Crippen LogP contribution in [0, 0.1) is 0 Å². The maximum atomic E-state index is 10.6. The van der Waals surface area contributed by atoms with Crippen LogP contribution in [0.25, 0.3) is 32.8 Å². The van der Waals surface area contributed by atoms with Crippen LogP contribution in [0.3, 0.4) is 0 Å². The molecule has 0 aliphatic carbocycles. The molecule has 0 atom stereocenters. The molecule has 6 heteroatoms. The van der Waals surface area contributed by atoms with Gasteiger partial charge in [-0.2, -0.15) is 0 Å². The van der Waals surface area contributed by atoms with Gasteiger partial charge in [0.25, 0.3) is 0 Å². The first kappa shape index (κ1) is 16.4. The summed E-state index contributed by atoms with van der Waals surface area (Å²) in [6, 6.07) is 11.3. The molecule has 1 saturated heterocycles. The molecule has 6 nitrogen and oxygen atoms in total. The summed E-state index contributed by atoms with van der Waals surface area (Å²) in [6.45, 7) is 4.79. The average Bonchev–Trinajstić information content (AvgIpc) is 3.04. The van der Waals surface area contributed by atoms with Crippen LogP contribution in [0.1, 0.15) is 0 Å². The fourth-order valence-electron chi connectivity index (χ4n) is 3.63. The Hall–Kier alpha value is -2.83. The Morgan fingerprint density at radius 2 is 2.00 bits per heavy atom. The van der Waals surface area contributed by atoms with E-state index in [1.165, 1.54) is 0 Å². The van der Waals surface area contributed by atoms with E-state index in [0.717, 1.165) is 49.1 Å². The number of aromatic hydroxyl groups is 1. The van der Waals surface area contributed by atoms with E-state index in [4.69, 9.17) is 13.9 Å². The molecular formula is C21H20N2O4. The summed E-state index contributed by atoms with van der Waals surface area (Å²) in [7, 11) is 0. The van der Waals surface area contributed by atoms with Crippen molar-refractivity contribution in [1.29, 1.82) is 0 Å². The third-order valence-corrected chi connectivity index (χ3v) is 5.03. The Bertz CT molecular complexity index is 1120. The summed E-state index contributed by atoms with van der Waals surface area (Å²) >= 11 is 0. The minimum atomic E-state index is 0.163. The molecule has 0 bridgehead atoms. The zero-order valence-electron chi connectivity index (χ0n) is 14.9. The van der Waals surface area contributed by atoms with Gasteiger partial charge in [0.1, 0.15) is 29.3 Å². The Morgan fingerprint density at radius 1 is 1.11 bits per heavy atom. The number of hydrogen-bond acceptors (Lipinski definition) is 6. The number of rotatable bonds is 4. The number of nitrogens with zero attached hydrogens (tertiary/aromatic N) is 2. The Morgan fingerprint density at radius 3 is 2.89 bits per heavy atom. The van der Waals surface area contributed by atoms with E-state index in [-0.39, 0.29) is 5.75 Å². The normalized spacial score (nSPS) is 15.7. The summed E-state index contributed by atoms with van der Waals surface area (Å²) in [5, 5.41) is 13.2. The molecular weight excluding hydrogens is 344 g/mol. The molecule has 2 aromatic carbocycles. The summed E-state index contributed by atoms with van der Waals surface area (Å²) in [4.78, 5) is 6.67. The van der Waals surface area contributed by atoms with Crippen molar-refractivity contribution < 1.29 is 19.0 Å². The molecule has 5 rings (SSSR count). The van der Waals surface area contributed by atoms with E-state index in [1.54, 1.807) is 12.3 Å². The quantitative estimate of drug-likeness (QED) is 0.597. The molecule has 138 valence electrons. The first-order chi connectivity index (χ1) is 13.3. The van der Waals surface area contributed by atoms with Gasteiger partial charge >= 0.3 is 0 Å². The molecule has 0 amide bonds. The van der Waals surface area contributed by atoms with Crippen molar-refractivity contribution >= 4 is 32.8 Å². The highest BCUT2D eigenvalue weighted by atomic mass is 16.5. The zero-order chi connectivity index (χ0) is 18.2. The van der Waals surface area contributed by atoms with Crippen LogP contribution < -0.4 is 4.74 Å². The van der Waals surface area contributed by atoms with E-state index in [2.05, 4.69) is 9.88 Å². The molecule has 4 aromatic rings. The van der Waals surface area contributed by atoms with Gasteiger partial charge in [-0.1, -0.05) is 6.07 Å². The van der Waals surface area contributed by atoms with Crippen LogP contribution in [0.15, 0.2) is 47.0 Å². The minimum Gasteiger partial charge on any atom is -0.507 e. The standard InChI is InChI=1S/C21H20N2O4/c24-18-11-15(26-9-6-23-4-7-25-8-5-23)12-20-21(18)16-10-14-2-1-3-22-17(14)13-19(16)27-20/h1-3,10-13,24H,4-9H2. The number of phenolic OH excluding ortho intramolecular Hbond substituents is 1. The van der Waals surface area contributed by atoms with E-state index in [9.17, 15) is 5.11 Å². The van der Waals surface area contributed by atoms with Gasteiger partial charge < -0.3 is 19.0 Å². The van der Waals surface area contributed by atoms with Crippen LogP contribution in [0.5, 0.6) is 11.5 Å². The Kier molecular flexibility index (Phi) is 4.07. The average molecular weight is 364 g/mol. The molecule has 1 N–H and O–H groups in total. The number of benzene rings is 2. The van der Waals surface area contributed by atoms with Gasteiger partial charge in [0.2, 0.25) is 0 Å². The molecule has 0 saturated carbocycles. The summed E-state index contributed by atoms with van der Waals surface area (Å²) in [5.74, 6) is 0.769. The van der Waals surface area contributed by atoms with Crippen LogP contribution >= 0.6 is 0 Å². The van der Waals surface area contributed by atoms with Gasteiger partial charge in [-0.15, -0.1) is 0 Å². The van der Waals surface area contributed by atoms with Gasteiger partial charge in [0, 0.05) is 54.8 Å². The van der Waals surface area contributed by atoms with E-state index in [0.29, 0.717) is 28.9 Å². The number of phenols is 1. The van der Waals surface area contributed by atoms with Crippen LogP contribution in [0.4, 0.5) is 0 Å². The van der Waals surface area contributed by atoms with E-state index < -0.39 is 0 Å². The first-order valence-corrected chi connectivity index (χ1v) is 9.15. The van der Waals surface area contributed by atoms with Crippen molar-refractivity contribution in [2.75, 3.05) is 39.5 Å². The Labute approximate surface area is 155 Å². The SMILES string of the molecule is Oc1cc(OCCN2CCOCC2)cc2oc3cc4ncccc4cc3c12. The number of ether oxygens (including phenoxy) is 2. The number of morpholine rings is 1. The van der Waals surface area contributed by atoms with Crippen molar-refractivity contribution in [3.05, 3.63) is 42.6 Å². The largest absolute Gasteiger partial charge is 0.507 e. The molecule has 3 heterocycles. The Balaban J connectivity index is 1.45. The predicted octanol–water partition coefficient (Wildman–Crippen LogP) is 3.55.